The molecule has 0 bridgehead atoms. The summed E-state index contributed by atoms with van der Waals surface area (Å²) in [4.78, 5) is 2.06. The van der Waals surface area contributed by atoms with Crippen molar-refractivity contribution in [2.24, 2.45) is 0 Å². The number of halogens is 1. The molecule has 0 radical (unpaired) electrons. The third-order valence-corrected chi connectivity index (χ3v) is 0.494. The minimum atomic E-state index is 0. The fourth-order valence-electron chi connectivity index (χ4n) is 0.258. The van der Waals surface area contributed by atoms with Crippen LogP contribution in [-0.4, -0.2) is 25.5 Å². The summed E-state index contributed by atoms with van der Waals surface area (Å²) in [6.07, 6.45) is 1.88. The lowest BCUT2D eigenvalue weighted by Gasteiger charge is -2.01. The van der Waals surface area contributed by atoms with Crippen molar-refractivity contribution < 1.29 is 0 Å². The van der Waals surface area contributed by atoms with E-state index in [-0.39, 0.29) is 17.0 Å². The second kappa shape index (κ2) is 6.18. The minimum absolute atomic E-state index is 0. The molecule has 0 saturated carbocycles. The van der Waals surface area contributed by atoms with Gasteiger partial charge in [-0.05, 0) is 14.1 Å². The van der Waals surface area contributed by atoms with Gasteiger partial charge in [-0.1, -0.05) is 6.08 Å². The van der Waals surface area contributed by atoms with Gasteiger partial charge in [0.2, 0.25) is 0 Å². The fraction of sp³-hybridized carbons (Fsp3) is 0.600. The van der Waals surface area contributed by atoms with Crippen LogP contribution in [0.4, 0.5) is 0 Å². The molecule has 0 N–H and O–H groups in total. The normalized spacial score (nSPS) is 7.86. The van der Waals surface area contributed by atoms with Crippen LogP contribution in [0.1, 0.15) is 0 Å². The summed E-state index contributed by atoms with van der Waals surface area (Å²) in [5, 5.41) is 0. The number of nitrogens with zero attached hydrogens (tertiary/aromatic N) is 1. The zero-order valence-corrected chi connectivity index (χ0v) is 6.56. The maximum Gasteiger partial charge on any atom is 0.0154 e. The molecule has 44 valence electrons. The first kappa shape index (κ1) is 10.2. The van der Waals surface area contributed by atoms with Crippen LogP contribution < -0.4 is 0 Å². The molecule has 0 aromatic carbocycles. The van der Waals surface area contributed by atoms with Crippen molar-refractivity contribution in [1.29, 1.82) is 0 Å². The van der Waals surface area contributed by atoms with Gasteiger partial charge in [0.15, 0.2) is 0 Å². The lowest BCUT2D eigenvalue weighted by molar-refractivity contribution is 0.457. The number of rotatable bonds is 2. The average Bonchev–Trinajstić information content (AvgIpc) is 1.35. The molecule has 0 aliphatic carbocycles. The third kappa shape index (κ3) is 10.7. The number of hydrogen-bond acceptors (Lipinski definition) is 1. The van der Waals surface area contributed by atoms with Gasteiger partial charge in [0.1, 0.15) is 0 Å². The maximum atomic E-state index is 3.56. The zero-order valence-electron chi connectivity index (χ0n) is 4.85. The summed E-state index contributed by atoms with van der Waals surface area (Å²) in [6, 6.07) is 0. The Morgan fingerprint density at radius 1 is 1.57 bits per heavy atom. The van der Waals surface area contributed by atoms with Gasteiger partial charge >= 0.3 is 0 Å². The SMILES string of the molecule is Br.C=CCN(C)C. The van der Waals surface area contributed by atoms with Crippen molar-refractivity contribution in [2.45, 2.75) is 0 Å². The quantitative estimate of drug-likeness (QED) is 0.559. The van der Waals surface area contributed by atoms with E-state index in [1.165, 1.54) is 0 Å². The zero-order chi connectivity index (χ0) is 4.99. The number of likely N-dealkylation sites (N-methyl/N-ethyl adjacent to an activating group) is 1. The van der Waals surface area contributed by atoms with E-state index >= 15 is 0 Å². The van der Waals surface area contributed by atoms with Gasteiger partial charge in [-0.15, -0.1) is 23.6 Å². The Morgan fingerprint density at radius 3 is 2.00 bits per heavy atom. The maximum absolute atomic E-state index is 3.56. The summed E-state index contributed by atoms with van der Waals surface area (Å²) in [5.74, 6) is 0. The molecular weight excluding hydrogens is 154 g/mol. The largest absolute Gasteiger partial charge is 0.306 e. The topological polar surface area (TPSA) is 3.24 Å². The smallest absolute Gasteiger partial charge is 0.0154 e. The standard InChI is InChI=1S/C5H11N.BrH/c1-4-5-6(2)3;/h4H,1,5H2,2-3H3;1H. The third-order valence-electron chi connectivity index (χ3n) is 0.494. The van der Waals surface area contributed by atoms with E-state index in [4.69, 9.17) is 0 Å². The van der Waals surface area contributed by atoms with Crippen molar-refractivity contribution in [3.05, 3.63) is 12.7 Å². The molecule has 0 heterocycles. The number of hydrogen-bond donors (Lipinski definition) is 0. The highest BCUT2D eigenvalue weighted by Gasteiger charge is 1.75. The van der Waals surface area contributed by atoms with Crippen LogP contribution in [0.3, 0.4) is 0 Å². The first-order valence-electron chi connectivity index (χ1n) is 2.03. The van der Waals surface area contributed by atoms with Gasteiger partial charge in [-0.2, -0.15) is 0 Å². The summed E-state index contributed by atoms with van der Waals surface area (Å²) >= 11 is 0. The lowest BCUT2D eigenvalue weighted by atomic mass is 10.6. The molecule has 0 saturated heterocycles. The Labute approximate surface area is 55.8 Å². The Bertz CT molecular complexity index is 43.3. The summed E-state index contributed by atoms with van der Waals surface area (Å²) in [6.45, 7) is 4.53. The monoisotopic (exact) mass is 165 g/mol. The molecular formula is C5H12BrN. The predicted molar refractivity (Wildman–Crippen MR) is 39.1 cm³/mol. The van der Waals surface area contributed by atoms with Crippen LogP contribution in [0.2, 0.25) is 0 Å². The second-order valence-electron chi connectivity index (χ2n) is 1.55. The van der Waals surface area contributed by atoms with Gasteiger partial charge in [-0.3, -0.25) is 0 Å². The Kier molecular flexibility index (Phi) is 9.02. The van der Waals surface area contributed by atoms with Crippen molar-refractivity contribution >= 4 is 17.0 Å². The van der Waals surface area contributed by atoms with Gasteiger partial charge in [0.25, 0.3) is 0 Å². The Hall–Kier alpha value is 0.180. The van der Waals surface area contributed by atoms with E-state index in [0.717, 1.165) is 6.54 Å². The molecule has 0 spiro atoms. The summed E-state index contributed by atoms with van der Waals surface area (Å²) in [5.41, 5.74) is 0. The molecule has 0 rings (SSSR count). The predicted octanol–water partition coefficient (Wildman–Crippen LogP) is 1.31. The second-order valence-corrected chi connectivity index (χ2v) is 1.55. The molecule has 7 heavy (non-hydrogen) atoms. The minimum Gasteiger partial charge on any atom is -0.306 e. The molecule has 1 nitrogen and oxygen atoms in total. The molecule has 0 aliphatic heterocycles. The van der Waals surface area contributed by atoms with Crippen molar-refractivity contribution in [2.75, 3.05) is 20.6 Å². The first-order valence-corrected chi connectivity index (χ1v) is 2.03. The fourth-order valence-corrected chi connectivity index (χ4v) is 0.258. The van der Waals surface area contributed by atoms with E-state index in [1.807, 2.05) is 20.2 Å². The van der Waals surface area contributed by atoms with Gasteiger partial charge in [0.05, 0.1) is 0 Å². The summed E-state index contributed by atoms with van der Waals surface area (Å²) in [7, 11) is 4.03. The molecule has 0 fully saturated rings. The molecule has 2 heteroatoms. The molecule has 0 aromatic rings. The highest BCUT2D eigenvalue weighted by Crippen LogP contribution is 1.69. The van der Waals surface area contributed by atoms with E-state index in [2.05, 4.69) is 11.5 Å². The van der Waals surface area contributed by atoms with Crippen molar-refractivity contribution in [1.82, 2.24) is 4.90 Å². The summed E-state index contributed by atoms with van der Waals surface area (Å²) < 4.78 is 0. The average molecular weight is 166 g/mol. The van der Waals surface area contributed by atoms with Crippen LogP contribution in [-0.2, 0) is 0 Å². The van der Waals surface area contributed by atoms with E-state index in [1.54, 1.807) is 0 Å². The van der Waals surface area contributed by atoms with Crippen LogP contribution in [0.5, 0.6) is 0 Å². The van der Waals surface area contributed by atoms with E-state index in [0.29, 0.717) is 0 Å². The Balaban J connectivity index is 0. The van der Waals surface area contributed by atoms with Crippen molar-refractivity contribution in [3.8, 4) is 0 Å². The van der Waals surface area contributed by atoms with Gasteiger partial charge in [-0.25, -0.2) is 0 Å². The van der Waals surface area contributed by atoms with E-state index < -0.39 is 0 Å². The van der Waals surface area contributed by atoms with Crippen LogP contribution >= 0.6 is 17.0 Å². The van der Waals surface area contributed by atoms with Crippen LogP contribution in [0, 0.1) is 0 Å². The first-order chi connectivity index (χ1) is 2.77. The van der Waals surface area contributed by atoms with Crippen LogP contribution in [0.25, 0.3) is 0 Å². The van der Waals surface area contributed by atoms with Gasteiger partial charge in [0, 0.05) is 6.54 Å². The molecule has 0 atom stereocenters. The van der Waals surface area contributed by atoms with E-state index in [9.17, 15) is 0 Å². The highest BCUT2D eigenvalue weighted by molar-refractivity contribution is 8.93. The van der Waals surface area contributed by atoms with Crippen LogP contribution in [0.15, 0.2) is 12.7 Å². The highest BCUT2D eigenvalue weighted by atomic mass is 79.9. The Morgan fingerprint density at radius 2 is 2.00 bits per heavy atom. The van der Waals surface area contributed by atoms with Gasteiger partial charge < -0.3 is 4.90 Å². The molecule has 0 unspecified atom stereocenters. The van der Waals surface area contributed by atoms with Crippen molar-refractivity contribution in [3.63, 3.8) is 0 Å². The lowest BCUT2D eigenvalue weighted by Crippen LogP contribution is -2.09. The molecule has 0 aliphatic rings. The molecule has 0 amide bonds. The molecule has 0 aromatic heterocycles.